The zero-order valence-corrected chi connectivity index (χ0v) is 34.8. The second-order valence-corrected chi connectivity index (χ2v) is 19.3. The van der Waals surface area contributed by atoms with Crippen molar-refractivity contribution >= 4 is 56.5 Å². The van der Waals surface area contributed by atoms with Crippen LogP contribution in [0, 0.1) is 24.8 Å². The van der Waals surface area contributed by atoms with Gasteiger partial charge in [0, 0.05) is 89.8 Å². The quantitative estimate of drug-likeness (QED) is 0.259. The number of piperazine rings is 1. The van der Waals surface area contributed by atoms with Gasteiger partial charge in [-0.25, -0.2) is 8.42 Å². The predicted octanol–water partition coefficient (Wildman–Crippen LogP) is 4.06. The molecular formula is C44H51N9O6S. The van der Waals surface area contributed by atoms with Crippen molar-refractivity contribution < 1.29 is 27.6 Å². The van der Waals surface area contributed by atoms with Gasteiger partial charge in [-0.15, -0.1) is 4.98 Å². The number of nitrogens with zero attached hydrogens (tertiary/aromatic N) is 8. The van der Waals surface area contributed by atoms with E-state index in [2.05, 4.69) is 34.7 Å². The zero-order valence-electron chi connectivity index (χ0n) is 34.0. The molecule has 9 rings (SSSR count). The number of amides is 4. The van der Waals surface area contributed by atoms with Crippen molar-refractivity contribution in [3.8, 4) is 0 Å². The zero-order chi connectivity index (χ0) is 41.8. The van der Waals surface area contributed by atoms with Crippen molar-refractivity contribution in [3.63, 3.8) is 0 Å². The number of benzene rings is 2. The lowest BCUT2D eigenvalue weighted by Crippen LogP contribution is -2.54. The van der Waals surface area contributed by atoms with Crippen molar-refractivity contribution in [1.29, 1.82) is 0 Å². The van der Waals surface area contributed by atoms with Gasteiger partial charge in [-0.3, -0.25) is 34.3 Å². The van der Waals surface area contributed by atoms with Crippen LogP contribution >= 0.6 is 0 Å². The molecule has 5 saturated heterocycles. The molecule has 1 N–H and O–H groups in total. The van der Waals surface area contributed by atoms with Crippen LogP contribution in [0.3, 0.4) is 0 Å². The highest BCUT2D eigenvalue weighted by atomic mass is 32.2. The lowest BCUT2D eigenvalue weighted by atomic mass is 9.78. The average Bonchev–Trinajstić information content (AvgIpc) is 3.78. The molecule has 0 radical (unpaired) electrons. The normalized spacial score (nSPS) is 23.0. The number of imide groups is 2. The molecule has 1 aromatic heterocycles. The molecule has 1 unspecified atom stereocenters. The Labute approximate surface area is 351 Å². The number of hydrogen-bond donors (Lipinski definition) is 1. The summed E-state index contributed by atoms with van der Waals surface area (Å²) in [5.74, 6) is -1.00. The first-order valence-electron chi connectivity index (χ1n) is 21.2. The lowest BCUT2D eigenvalue weighted by molar-refractivity contribution is -0.136. The minimum absolute atomic E-state index is 0.0865. The highest BCUT2D eigenvalue weighted by Crippen LogP contribution is 2.43. The molecule has 3 aromatic rings. The molecule has 0 bridgehead atoms. The third-order valence-electron chi connectivity index (χ3n) is 13.9. The Morgan fingerprint density at radius 1 is 0.767 bits per heavy atom. The fraction of sp³-hybridized carbons (Fsp3) is 0.500. The molecule has 16 heteroatoms. The van der Waals surface area contributed by atoms with E-state index in [1.165, 1.54) is 0 Å². The Hall–Kier alpha value is -5.37. The largest absolute Gasteiger partial charge is 0.371 e. The number of piperidine rings is 3. The summed E-state index contributed by atoms with van der Waals surface area (Å²) in [5, 5.41) is 2.24. The van der Waals surface area contributed by atoms with Gasteiger partial charge in [0.2, 0.25) is 21.8 Å². The van der Waals surface area contributed by atoms with Gasteiger partial charge in [0.1, 0.15) is 12.2 Å². The van der Waals surface area contributed by atoms with E-state index in [0.29, 0.717) is 40.8 Å². The van der Waals surface area contributed by atoms with E-state index in [1.807, 2.05) is 31.2 Å². The number of sulfonamides is 1. The molecule has 5 fully saturated rings. The highest BCUT2D eigenvalue weighted by Gasteiger charge is 2.46. The van der Waals surface area contributed by atoms with Crippen molar-refractivity contribution in [2.24, 2.45) is 11.3 Å². The van der Waals surface area contributed by atoms with Crippen LogP contribution in [0.2, 0.25) is 0 Å². The van der Waals surface area contributed by atoms with Crippen LogP contribution in [0.15, 0.2) is 59.6 Å². The summed E-state index contributed by atoms with van der Waals surface area (Å²) >= 11 is 0. The topological polar surface area (TPSA) is 151 Å². The Balaban J connectivity index is 0.725. The number of aryl methyl sites for hydroxylation is 1. The minimum atomic E-state index is -3.60. The van der Waals surface area contributed by atoms with E-state index in [9.17, 15) is 27.6 Å². The number of fused-ring (bicyclic) bond motifs is 1. The van der Waals surface area contributed by atoms with Crippen LogP contribution < -0.4 is 20.0 Å². The summed E-state index contributed by atoms with van der Waals surface area (Å²) in [6.45, 7) is 18.3. The Kier molecular flexibility index (Phi) is 10.6. The number of pyridine rings is 1. The summed E-state index contributed by atoms with van der Waals surface area (Å²) in [4.78, 5) is 69.2. The smallest absolute Gasteiger partial charge is 0.272 e. The number of rotatable bonds is 8. The van der Waals surface area contributed by atoms with Gasteiger partial charge >= 0.3 is 0 Å². The maximum atomic E-state index is 13.8. The first kappa shape index (κ1) is 40.1. The molecule has 1 spiro atoms. The van der Waals surface area contributed by atoms with Crippen LogP contribution in [0.25, 0.3) is 4.85 Å². The lowest BCUT2D eigenvalue weighted by Gasteiger charge is -2.40. The summed E-state index contributed by atoms with van der Waals surface area (Å²) in [6.07, 6.45) is 6.70. The molecule has 7 heterocycles. The van der Waals surface area contributed by atoms with Gasteiger partial charge in [-0.1, -0.05) is 6.57 Å². The van der Waals surface area contributed by atoms with Gasteiger partial charge in [0.25, 0.3) is 17.6 Å². The molecule has 6 aliphatic heterocycles. The van der Waals surface area contributed by atoms with E-state index in [0.717, 1.165) is 119 Å². The minimum Gasteiger partial charge on any atom is -0.371 e. The fourth-order valence-electron chi connectivity index (χ4n) is 10.2. The van der Waals surface area contributed by atoms with Crippen molar-refractivity contribution in [2.45, 2.75) is 62.8 Å². The average molecular weight is 834 g/mol. The van der Waals surface area contributed by atoms with Gasteiger partial charge in [-0.2, -0.15) is 4.31 Å². The number of hydrogen-bond acceptors (Lipinski definition) is 11. The molecule has 15 nitrogen and oxygen atoms in total. The summed E-state index contributed by atoms with van der Waals surface area (Å²) < 4.78 is 29.2. The molecule has 60 heavy (non-hydrogen) atoms. The van der Waals surface area contributed by atoms with Crippen LogP contribution in [-0.2, 0) is 19.6 Å². The van der Waals surface area contributed by atoms with E-state index in [1.54, 1.807) is 34.8 Å². The molecule has 0 saturated carbocycles. The number of carbonyl (C=O) groups is 4. The van der Waals surface area contributed by atoms with Crippen LogP contribution in [-0.4, -0.2) is 129 Å². The molecule has 0 aliphatic carbocycles. The summed E-state index contributed by atoms with van der Waals surface area (Å²) in [5.41, 5.74) is 4.52. The Bertz CT molecular complexity index is 2360. The Morgan fingerprint density at radius 3 is 2.12 bits per heavy atom. The summed E-state index contributed by atoms with van der Waals surface area (Å²) in [6, 6.07) is 13.8. The van der Waals surface area contributed by atoms with Gasteiger partial charge < -0.3 is 19.5 Å². The molecular weight excluding hydrogens is 783 g/mol. The second kappa shape index (κ2) is 15.9. The molecule has 4 amide bonds. The van der Waals surface area contributed by atoms with Crippen molar-refractivity contribution in [2.75, 3.05) is 86.7 Å². The van der Waals surface area contributed by atoms with E-state index in [4.69, 9.17) is 6.57 Å². The SMILES string of the molecule is [C-]#[N+]c1ncc(N2CCC3(CCN(S(=O)(=O)c4ccc(N5CCN(CC6CCN(c7ccc8c(c7)C(=O)N(C7CCC(=O)NC7=O)C8=O)CC6)CC5)cc4)CC3)C2)cc1C. The van der Waals surface area contributed by atoms with Crippen LogP contribution in [0.1, 0.15) is 71.2 Å². The van der Waals surface area contributed by atoms with Gasteiger partial charge in [0.15, 0.2) is 0 Å². The van der Waals surface area contributed by atoms with Crippen molar-refractivity contribution in [1.82, 2.24) is 24.4 Å². The Morgan fingerprint density at radius 2 is 1.43 bits per heavy atom. The van der Waals surface area contributed by atoms with E-state index >= 15 is 0 Å². The fourth-order valence-corrected chi connectivity index (χ4v) is 11.6. The van der Waals surface area contributed by atoms with E-state index in [-0.39, 0.29) is 18.3 Å². The number of aromatic nitrogens is 1. The first-order chi connectivity index (χ1) is 28.9. The first-order valence-corrected chi connectivity index (χ1v) is 22.6. The van der Waals surface area contributed by atoms with Crippen molar-refractivity contribution in [3.05, 3.63) is 82.8 Å². The predicted molar refractivity (Wildman–Crippen MR) is 226 cm³/mol. The van der Waals surface area contributed by atoms with Crippen LogP contribution in [0.5, 0.6) is 0 Å². The maximum Gasteiger partial charge on any atom is 0.272 e. The second-order valence-electron chi connectivity index (χ2n) is 17.4. The number of carbonyl (C=O) groups excluding carboxylic acids is 4. The van der Waals surface area contributed by atoms with E-state index < -0.39 is 39.7 Å². The van der Waals surface area contributed by atoms with Gasteiger partial charge in [0.05, 0.1) is 21.7 Å². The highest BCUT2D eigenvalue weighted by molar-refractivity contribution is 7.89. The molecule has 6 aliphatic rings. The number of anilines is 3. The maximum absolute atomic E-state index is 13.8. The standard InChI is InChI=1S/C44H51N9O6S/c1-30-25-34(27-46-40(30)45-2)51-18-13-44(29-51)14-19-52(20-15-44)60(58,59)35-6-3-32(4-7-35)50-23-21-48(22-24-50)28-31-11-16-49(17-12-31)33-5-8-36-37(26-33)43(57)53(42(36)56)38-9-10-39(54)47-41(38)55/h3-8,25-27,31,38H,9-24,28-29H2,1H3,(H,47,54,55). The molecule has 314 valence electrons. The monoisotopic (exact) mass is 833 g/mol. The molecule has 2 aromatic carbocycles. The van der Waals surface area contributed by atoms with Gasteiger partial charge in [-0.05, 0) is 111 Å². The number of nitrogens with one attached hydrogen (secondary N) is 1. The van der Waals surface area contributed by atoms with Crippen LogP contribution in [0.4, 0.5) is 22.9 Å². The summed E-state index contributed by atoms with van der Waals surface area (Å²) in [7, 11) is -3.60. The third kappa shape index (κ3) is 7.52. The molecule has 1 atom stereocenters. The third-order valence-corrected chi connectivity index (χ3v) is 15.8.